The Hall–Kier alpha value is -3.83. The Kier molecular flexibility index (Phi) is 9.84. The SMILES string of the molecule is CC=C[Si](C#Cc1c2cc3ccccc3cc2c(C#C[Si](C=CC)(C(C)C)C(C)C)c2cc3ccccc3cc12)(C(C)C)C(C)C. The van der Waals surface area contributed by atoms with E-state index in [-0.39, 0.29) is 0 Å². The molecule has 0 spiro atoms. The lowest BCUT2D eigenvalue weighted by molar-refractivity contribution is 0.929. The highest BCUT2D eigenvalue weighted by Crippen LogP contribution is 2.39. The van der Waals surface area contributed by atoms with Gasteiger partial charge in [0.1, 0.15) is 0 Å². The molecule has 0 nitrogen and oxygen atoms in total. The van der Waals surface area contributed by atoms with Gasteiger partial charge in [0.25, 0.3) is 0 Å². The average molecular weight is 635 g/mol. The van der Waals surface area contributed by atoms with E-state index in [1.807, 2.05) is 0 Å². The molecule has 0 aliphatic carbocycles. The van der Waals surface area contributed by atoms with Crippen LogP contribution in [0.1, 0.15) is 80.4 Å². The lowest BCUT2D eigenvalue weighted by Gasteiger charge is -2.31. The molecular formula is C44H50Si2. The minimum atomic E-state index is -2.07. The van der Waals surface area contributed by atoms with Gasteiger partial charge in [-0.1, -0.05) is 139 Å². The highest BCUT2D eigenvalue weighted by Gasteiger charge is 2.37. The van der Waals surface area contributed by atoms with E-state index < -0.39 is 16.1 Å². The first-order chi connectivity index (χ1) is 22.0. The maximum Gasteiger partial charge on any atom is 0.166 e. The summed E-state index contributed by atoms with van der Waals surface area (Å²) in [6.45, 7) is 23.2. The Labute approximate surface area is 280 Å². The van der Waals surface area contributed by atoms with E-state index in [0.717, 1.165) is 11.1 Å². The summed E-state index contributed by atoms with van der Waals surface area (Å²) < 4.78 is 0. The third-order valence-corrected chi connectivity index (χ3v) is 20.9. The highest BCUT2D eigenvalue weighted by atomic mass is 28.3. The van der Waals surface area contributed by atoms with Gasteiger partial charge in [0.2, 0.25) is 0 Å². The van der Waals surface area contributed by atoms with Gasteiger partial charge in [-0.05, 0) is 103 Å². The molecule has 0 saturated carbocycles. The Morgan fingerprint density at radius 1 is 0.457 bits per heavy atom. The first kappa shape index (κ1) is 33.5. The zero-order valence-corrected chi connectivity index (χ0v) is 31.5. The molecule has 2 heteroatoms. The molecule has 0 N–H and O–H groups in total. The standard InChI is InChI=1S/C44H50Si2/c1-11-23-45(31(3)4,32(5)6)25-21-39-41-27-35-17-13-15-19-37(35)29-43(41)40(22-26-46(24-12-2,33(7)8)34(9)10)44-30-38-20-16-14-18-36(38)28-42(39)44/h11-20,23-24,27-34H,1-10H3. The Balaban J connectivity index is 2.02. The van der Waals surface area contributed by atoms with Gasteiger partial charge >= 0.3 is 0 Å². The predicted molar refractivity (Wildman–Crippen MR) is 212 cm³/mol. The molecule has 0 amide bonds. The molecule has 0 bridgehead atoms. The fraction of sp³-hybridized carbons (Fsp3) is 0.318. The molecule has 46 heavy (non-hydrogen) atoms. The van der Waals surface area contributed by atoms with Crippen molar-refractivity contribution in [3.05, 3.63) is 107 Å². The van der Waals surface area contributed by atoms with Crippen LogP contribution in [0.25, 0.3) is 43.1 Å². The summed E-state index contributed by atoms with van der Waals surface area (Å²) in [7, 11) is -4.15. The lowest BCUT2D eigenvalue weighted by atomic mass is 9.89. The number of benzene rings is 5. The number of rotatable bonds is 6. The third kappa shape index (κ3) is 5.91. The largest absolute Gasteiger partial charge is 0.166 e. The van der Waals surface area contributed by atoms with Gasteiger partial charge in [0, 0.05) is 11.1 Å². The van der Waals surface area contributed by atoms with Gasteiger partial charge in [-0.15, -0.1) is 11.1 Å². The van der Waals surface area contributed by atoms with E-state index in [9.17, 15) is 0 Å². The zero-order chi connectivity index (χ0) is 33.2. The molecule has 5 rings (SSSR count). The van der Waals surface area contributed by atoms with Crippen molar-refractivity contribution in [2.75, 3.05) is 0 Å². The smallest absolute Gasteiger partial charge is 0.120 e. The van der Waals surface area contributed by atoms with Gasteiger partial charge in [0.15, 0.2) is 16.1 Å². The Morgan fingerprint density at radius 2 is 0.717 bits per heavy atom. The van der Waals surface area contributed by atoms with Gasteiger partial charge in [-0.3, -0.25) is 0 Å². The molecule has 0 aliphatic heterocycles. The minimum Gasteiger partial charge on any atom is -0.120 e. The normalized spacial score (nSPS) is 12.8. The summed E-state index contributed by atoms with van der Waals surface area (Å²) in [5, 5.41) is 9.80. The minimum absolute atomic E-state index is 0.511. The molecular weight excluding hydrogens is 585 g/mol. The van der Waals surface area contributed by atoms with E-state index in [4.69, 9.17) is 0 Å². The number of hydrogen-bond acceptors (Lipinski definition) is 0. The van der Waals surface area contributed by atoms with Crippen LogP contribution in [-0.2, 0) is 0 Å². The Bertz CT molecular complexity index is 1830. The summed E-state index contributed by atoms with van der Waals surface area (Å²) in [6, 6.07) is 27.0. The van der Waals surface area contributed by atoms with E-state index in [0.29, 0.717) is 22.2 Å². The Morgan fingerprint density at radius 3 is 0.935 bits per heavy atom. The van der Waals surface area contributed by atoms with Crippen LogP contribution < -0.4 is 0 Å². The summed E-state index contributed by atoms with van der Waals surface area (Å²) >= 11 is 0. The monoisotopic (exact) mass is 634 g/mol. The first-order valence-corrected chi connectivity index (χ1v) is 21.6. The topological polar surface area (TPSA) is 0 Å². The van der Waals surface area contributed by atoms with Crippen molar-refractivity contribution in [2.24, 2.45) is 0 Å². The molecule has 0 heterocycles. The van der Waals surface area contributed by atoms with E-state index in [1.165, 1.54) is 43.1 Å². The summed E-state index contributed by atoms with van der Waals surface area (Å²) in [6.07, 6.45) is 4.47. The van der Waals surface area contributed by atoms with Crippen LogP contribution in [0.2, 0.25) is 22.2 Å². The molecule has 0 unspecified atom stereocenters. The second-order valence-electron chi connectivity index (χ2n) is 14.2. The fourth-order valence-electron chi connectivity index (χ4n) is 7.52. The van der Waals surface area contributed by atoms with Gasteiger partial charge in [-0.2, -0.15) is 0 Å². The van der Waals surface area contributed by atoms with Crippen LogP contribution in [0.3, 0.4) is 0 Å². The van der Waals surface area contributed by atoms with Gasteiger partial charge < -0.3 is 0 Å². The van der Waals surface area contributed by atoms with Gasteiger partial charge in [-0.25, -0.2) is 0 Å². The third-order valence-electron chi connectivity index (χ3n) is 10.4. The maximum atomic E-state index is 4.02. The van der Waals surface area contributed by atoms with Crippen LogP contribution in [0.5, 0.6) is 0 Å². The van der Waals surface area contributed by atoms with Crippen LogP contribution in [0.4, 0.5) is 0 Å². The summed E-state index contributed by atoms with van der Waals surface area (Å²) in [4.78, 5) is 0. The van der Waals surface area contributed by atoms with Crippen molar-refractivity contribution in [3.8, 4) is 22.9 Å². The molecule has 5 aromatic rings. The summed E-state index contributed by atoms with van der Waals surface area (Å²) in [5.41, 5.74) is 17.3. The average Bonchev–Trinajstić information content (AvgIpc) is 3.02. The summed E-state index contributed by atoms with van der Waals surface area (Å²) in [5.74, 6) is 7.83. The molecule has 234 valence electrons. The van der Waals surface area contributed by atoms with Crippen LogP contribution in [0.15, 0.2) is 96.3 Å². The van der Waals surface area contributed by atoms with Crippen LogP contribution in [0, 0.1) is 22.9 Å². The van der Waals surface area contributed by atoms with Crippen LogP contribution in [-0.4, -0.2) is 16.1 Å². The second-order valence-corrected chi connectivity index (χ2v) is 23.7. The predicted octanol–water partition coefficient (Wildman–Crippen LogP) is 12.8. The van der Waals surface area contributed by atoms with Crippen molar-refractivity contribution < 1.29 is 0 Å². The fourth-order valence-corrected chi connectivity index (χ4v) is 14.8. The van der Waals surface area contributed by atoms with E-state index >= 15 is 0 Å². The zero-order valence-electron chi connectivity index (χ0n) is 29.5. The molecule has 0 fully saturated rings. The molecule has 0 atom stereocenters. The first-order valence-electron chi connectivity index (χ1n) is 17.1. The highest BCUT2D eigenvalue weighted by molar-refractivity contribution is 6.94. The maximum absolute atomic E-state index is 4.02. The van der Waals surface area contributed by atoms with Crippen molar-refractivity contribution in [3.63, 3.8) is 0 Å². The number of fused-ring (bicyclic) bond motifs is 4. The number of hydrogen-bond donors (Lipinski definition) is 0. The molecule has 0 aliphatic rings. The quantitative estimate of drug-likeness (QED) is 0.0990. The van der Waals surface area contributed by atoms with E-state index in [2.05, 4.69) is 189 Å². The lowest BCUT2D eigenvalue weighted by Crippen LogP contribution is -2.38. The van der Waals surface area contributed by atoms with Crippen molar-refractivity contribution in [1.82, 2.24) is 0 Å². The number of allylic oxidation sites excluding steroid dienone is 2. The molecule has 0 saturated heterocycles. The molecule has 0 radical (unpaired) electrons. The van der Waals surface area contributed by atoms with E-state index in [1.54, 1.807) is 0 Å². The van der Waals surface area contributed by atoms with Crippen LogP contribution >= 0.6 is 0 Å². The molecule has 5 aromatic carbocycles. The van der Waals surface area contributed by atoms with Gasteiger partial charge in [0.05, 0.1) is 0 Å². The molecule has 0 aromatic heterocycles. The van der Waals surface area contributed by atoms with Crippen molar-refractivity contribution in [2.45, 2.75) is 91.4 Å². The van der Waals surface area contributed by atoms with Crippen molar-refractivity contribution >= 4 is 59.2 Å². The second kappa shape index (κ2) is 13.5. The van der Waals surface area contributed by atoms with Crippen molar-refractivity contribution in [1.29, 1.82) is 0 Å².